The fourth-order valence-corrected chi connectivity index (χ4v) is 5.17. The molecule has 10 nitrogen and oxygen atoms in total. The molecule has 0 atom stereocenters. The second-order valence-electron chi connectivity index (χ2n) is 7.63. The average Bonchev–Trinajstić information content (AvgIpc) is 3.26. The Morgan fingerprint density at radius 1 is 1.12 bits per heavy atom. The molecule has 33 heavy (non-hydrogen) atoms. The summed E-state index contributed by atoms with van der Waals surface area (Å²) >= 11 is 0. The largest absolute Gasteiger partial charge is 0.504 e. The summed E-state index contributed by atoms with van der Waals surface area (Å²) in [5, 5.41) is 19.4. The van der Waals surface area contributed by atoms with Gasteiger partial charge in [0.05, 0.1) is 6.42 Å². The first-order valence-corrected chi connectivity index (χ1v) is 11.6. The second kappa shape index (κ2) is 8.23. The summed E-state index contributed by atoms with van der Waals surface area (Å²) in [6.45, 7) is 0.879. The Morgan fingerprint density at radius 3 is 2.70 bits per heavy atom. The number of pyridine rings is 2. The topological polar surface area (TPSA) is 132 Å². The van der Waals surface area contributed by atoms with E-state index in [0.717, 1.165) is 5.56 Å². The van der Waals surface area contributed by atoms with Gasteiger partial charge < -0.3 is 9.52 Å². The van der Waals surface area contributed by atoms with Gasteiger partial charge in [0, 0.05) is 31.7 Å². The molecule has 1 fully saturated rings. The van der Waals surface area contributed by atoms with Crippen LogP contribution in [0.1, 0.15) is 17.9 Å². The van der Waals surface area contributed by atoms with Crippen LogP contribution in [-0.4, -0.2) is 58.8 Å². The summed E-state index contributed by atoms with van der Waals surface area (Å²) in [5.41, 5.74) is 0.978. The van der Waals surface area contributed by atoms with E-state index in [1.807, 2.05) is 0 Å². The van der Waals surface area contributed by atoms with E-state index in [-0.39, 0.29) is 46.8 Å². The van der Waals surface area contributed by atoms with Gasteiger partial charge in [0.1, 0.15) is 11.3 Å². The lowest BCUT2D eigenvalue weighted by molar-refractivity contribution is 0.358. The van der Waals surface area contributed by atoms with Gasteiger partial charge in [-0.2, -0.15) is 4.31 Å². The zero-order valence-corrected chi connectivity index (χ0v) is 18.4. The Labute approximate surface area is 190 Å². The molecule has 1 aliphatic rings. The predicted molar refractivity (Wildman–Crippen MR) is 121 cm³/mol. The number of rotatable bonds is 4. The molecule has 172 valence electrons. The fourth-order valence-electron chi connectivity index (χ4n) is 3.71. The number of halogens is 1. The summed E-state index contributed by atoms with van der Waals surface area (Å²) in [6.07, 6.45) is 2.47. The Bertz CT molecular complexity index is 1320. The average molecular weight is 473 g/mol. The first-order valence-electron chi connectivity index (χ1n) is 10.2. The highest BCUT2D eigenvalue weighted by atomic mass is 32.3. The Balaban J connectivity index is 1.59. The van der Waals surface area contributed by atoms with Crippen molar-refractivity contribution in [3.8, 4) is 17.3 Å². The monoisotopic (exact) mass is 472 g/mol. The molecule has 3 aromatic heterocycles. The van der Waals surface area contributed by atoms with Crippen molar-refractivity contribution in [2.45, 2.75) is 12.8 Å². The lowest BCUT2D eigenvalue weighted by atomic mass is 10.1. The Kier molecular flexibility index (Phi) is 5.37. The van der Waals surface area contributed by atoms with Gasteiger partial charge in [-0.25, -0.2) is 13.7 Å². The fraction of sp³-hybridized carbons (Fsp3) is 0.238. The third-order valence-corrected chi connectivity index (χ3v) is 7.40. The lowest BCUT2D eigenvalue weighted by Gasteiger charge is -2.51. The van der Waals surface area contributed by atoms with E-state index in [9.17, 15) is 18.6 Å². The van der Waals surface area contributed by atoms with Gasteiger partial charge >= 0.3 is 0 Å². The maximum Gasteiger partial charge on any atom is 0.270 e. The van der Waals surface area contributed by atoms with E-state index < -0.39 is 11.0 Å². The molecule has 4 heterocycles. The third-order valence-electron chi connectivity index (χ3n) is 5.44. The summed E-state index contributed by atoms with van der Waals surface area (Å²) in [6, 6.07) is 9.30. The van der Waals surface area contributed by atoms with E-state index in [1.54, 1.807) is 31.3 Å². The highest BCUT2D eigenvalue weighted by Crippen LogP contribution is 2.52. The van der Waals surface area contributed by atoms with Gasteiger partial charge in [0.2, 0.25) is 5.89 Å². The standard InChI is InChI=1S/C21H21FN6O4S/c1-27-10-3-11-28(33(27,30)31)20-15-4-2-9-23-17(15)19(29)18(24-20)21-26-25-16(32-21)12-13-5-7-14(22)8-6-13/h2,4-9,29-31H,3,10-12H2,1H3. The summed E-state index contributed by atoms with van der Waals surface area (Å²) < 4.78 is 43.4. The number of hydrogen-bond donors (Lipinski definition) is 3. The van der Waals surface area contributed by atoms with Crippen molar-refractivity contribution < 1.29 is 23.0 Å². The maximum atomic E-state index is 13.2. The van der Waals surface area contributed by atoms with Gasteiger partial charge in [0.15, 0.2) is 17.3 Å². The molecule has 4 aromatic rings. The molecule has 1 aromatic carbocycles. The molecule has 0 amide bonds. The molecule has 1 saturated heterocycles. The first kappa shape index (κ1) is 21.5. The van der Waals surface area contributed by atoms with Crippen LogP contribution in [0, 0.1) is 5.82 Å². The van der Waals surface area contributed by atoms with E-state index in [2.05, 4.69) is 20.2 Å². The number of aromatic hydroxyl groups is 1. The number of fused-ring (bicyclic) bond motifs is 1. The molecule has 0 spiro atoms. The molecular formula is C21H21FN6O4S. The maximum absolute atomic E-state index is 13.2. The summed E-state index contributed by atoms with van der Waals surface area (Å²) in [4.78, 5) is 8.78. The molecule has 3 N–H and O–H groups in total. The van der Waals surface area contributed by atoms with Crippen molar-refractivity contribution in [2.24, 2.45) is 0 Å². The minimum absolute atomic E-state index is 0.0162. The quantitative estimate of drug-likeness (QED) is 0.402. The van der Waals surface area contributed by atoms with E-state index >= 15 is 0 Å². The van der Waals surface area contributed by atoms with Crippen LogP contribution in [0.2, 0.25) is 0 Å². The highest BCUT2D eigenvalue weighted by molar-refractivity contribution is 8.23. The van der Waals surface area contributed by atoms with Crippen molar-refractivity contribution >= 4 is 27.7 Å². The molecule has 0 aliphatic carbocycles. The van der Waals surface area contributed by atoms with Crippen molar-refractivity contribution in [1.82, 2.24) is 24.5 Å². The van der Waals surface area contributed by atoms with Crippen LogP contribution in [0.4, 0.5) is 10.2 Å². The van der Waals surface area contributed by atoms with Crippen LogP contribution in [0.3, 0.4) is 0 Å². The Hall–Kier alpha value is -3.32. The zero-order valence-electron chi connectivity index (χ0n) is 17.6. The van der Waals surface area contributed by atoms with E-state index in [1.165, 1.54) is 26.9 Å². The normalized spacial score (nSPS) is 17.4. The van der Waals surface area contributed by atoms with Crippen molar-refractivity contribution in [3.05, 3.63) is 59.9 Å². The van der Waals surface area contributed by atoms with Gasteiger partial charge in [-0.1, -0.05) is 12.1 Å². The zero-order chi connectivity index (χ0) is 23.2. The second-order valence-corrected chi connectivity index (χ2v) is 9.68. The minimum atomic E-state index is -3.30. The van der Waals surface area contributed by atoms with Crippen LogP contribution >= 0.6 is 11.0 Å². The lowest BCUT2D eigenvalue weighted by Crippen LogP contribution is -2.44. The SMILES string of the molecule is CN1CCCN(c2nc(-c3nnc(Cc4ccc(F)cc4)o3)c(O)c3ncccc23)S1(O)O. The molecule has 0 radical (unpaired) electrons. The third kappa shape index (κ3) is 3.86. The molecule has 1 aliphatic heterocycles. The predicted octanol–water partition coefficient (Wildman–Crippen LogP) is 3.84. The molecule has 5 rings (SSSR count). The molecule has 0 unspecified atom stereocenters. The van der Waals surface area contributed by atoms with Gasteiger partial charge in [-0.05, 0) is 47.2 Å². The van der Waals surface area contributed by atoms with Crippen LogP contribution in [0.5, 0.6) is 5.75 Å². The number of aromatic nitrogens is 4. The van der Waals surface area contributed by atoms with Gasteiger partial charge in [-0.15, -0.1) is 10.2 Å². The van der Waals surface area contributed by atoms with Crippen molar-refractivity contribution in [2.75, 3.05) is 24.4 Å². The van der Waals surface area contributed by atoms with Crippen LogP contribution in [-0.2, 0) is 6.42 Å². The molecule has 0 saturated carbocycles. The van der Waals surface area contributed by atoms with Crippen molar-refractivity contribution in [1.29, 1.82) is 0 Å². The summed E-state index contributed by atoms with van der Waals surface area (Å²) in [7, 11) is -1.67. The number of hydrogen-bond acceptors (Lipinski definition) is 10. The van der Waals surface area contributed by atoms with Gasteiger partial charge in [0.25, 0.3) is 5.89 Å². The summed E-state index contributed by atoms with van der Waals surface area (Å²) in [5.74, 6) is -0.142. The van der Waals surface area contributed by atoms with E-state index in [0.29, 0.717) is 24.9 Å². The first-order chi connectivity index (χ1) is 15.8. The molecule has 12 heteroatoms. The molecular weight excluding hydrogens is 451 g/mol. The van der Waals surface area contributed by atoms with Crippen LogP contribution in [0.25, 0.3) is 22.5 Å². The number of benzene rings is 1. The van der Waals surface area contributed by atoms with E-state index in [4.69, 9.17) is 4.42 Å². The van der Waals surface area contributed by atoms with Crippen LogP contribution < -0.4 is 4.31 Å². The Morgan fingerprint density at radius 2 is 1.91 bits per heavy atom. The smallest absolute Gasteiger partial charge is 0.270 e. The molecule has 0 bridgehead atoms. The number of nitrogens with zero attached hydrogens (tertiary/aromatic N) is 6. The minimum Gasteiger partial charge on any atom is -0.504 e. The van der Waals surface area contributed by atoms with Crippen molar-refractivity contribution in [3.63, 3.8) is 0 Å². The number of anilines is 1. The highest BCUT2D eigenvalue weighted by Gasteiger charge is 2.35. The van der Waals surface area contributed by atoms with Gasteiger partial charge in [-0.3, -0.25) is 14.1 Å². The van der Waals surface area contributed by atoms with Crippen LogP contribution in [0.15, 0.2) is 47.0 Å².